The lowest BCUT2D eigenvalue weighted by Crippen LogP contribution is -2.42. The molecule has 1 aromatic carbocycles. The van der Waals surface area contributed by atoms with Gasteiger partial charge in [0.1, 0.15) is 0 Å². The zero-order valence-corrected chi connectivity index (χ0v) is 19.8. The molecule has 0 fully saturated rings. The zero-order chi connectivity index (χ0) is 22.4. The molecule has 1 amide bonds. The molecule has 0 heterocycles. The predicted octanol–water partition coefficient (Wildman–Crippen LogP) is 2.75. The summed E-state index contributed by atoms with van der Waals surface area (Å²) in [5.41, 5.74) is 1.86. The number of nitrogens with one attached hydrogen (secondary N) is 3. The van der Waals surface area contributed by atoms with Crippen LogP contribution in [0.4, 0.5) is 5.69 Å². The molecule has 0 aliphatic heterocycles. The summed E-state index contributed by atoms with van der Waals surface area (Å²) in [6.45, 7) is 13.8. The molecule has 1 atom stereocenters. The Morgan fingerprint density at radius 2 is 1.90 bits per heavy atom. The van der Waals surface area contributed by atoms with Crippen molar-refractivity contribution in [1.29, 1.82) is 0 Å². The molecular formula is C23H42N6O. The van der Waals surface area contributed by atoms with Gasteiger partial charge >= 0.3 is 0 Å². The van der Waals surface area contributed by atoms with Crippen molar-refractivity contribution in [3.05, 3.63) is 29.8 Å². The van der Waals surface area contributed by atoms with Gasteiger partial charge in [0.15, 0.2) is 5.96 Å². The standard InChI is InChI=1S/C23H42N6O/c1-7-24-23(26-19(4)12-11-15-29(8-2)9-3)25-17-20-13-10-14-21(16-20)27-22(30)18-28(5)6/h10,13-14,16,19H,7-9,11-12,15,17-18H2,1-6H3,(H,27,30)(H2,24,25,26). The number of aliphatic imine (C=N–C) groups is 1. The van der Waals surface area contributed by atoms with Crippen LogP contribution in [0.5, 0.6) is 0 Å². The summed E-state index contributed by atoms with van der Waals surface area (Å²) in [5, 5.41) is 9.77. The number of benzene rings is 1. The first-order chi connectivity index (χ1) is 14.4. The number of anilines is 1. The van der Waals surface area contributed by atoms with Crippen LogP contribution in [0.2, 0.25) is 0 Å². The average Bonchev–Trinajstić information content (AvgIpc) is 2.69. The molecule has 1 aromatic rings. The average molecular weight is 419 g/mol. The van der Waals surface area contributed by atoms with Crippen LogP contribution in [-0.2, 0) is 11.3 Å². The minimum Gasteiger partial charge on any atom is -0.357 e. The highest BCUT2D eigenvalue weighted by Gasteiger charge is 2.07. The van der Waals surface area contributed by atoms with Crippen molar-refractivity contribution in [3.63, 3.8) is 0 Å². The summed E-state index contributed by atoms with van der Waals surface area (Å²) < 4.78 is 0. The van der Waals surface area contributed by atoms with Crippen LogP contribution >= 0.6 is 0 Å². The van der Waals surface area contributed by atoms with Gasteiger partial charge in [-0.1, -0.05) is 26.0 Å². The summed E-state index contributed by atoms with van der Waals surface area (Å²) in [7, 11) is 3.76. The van der Waals surface area contributed by atoms with E-state index in [1.165, 1.54) is 6.42 Å². The van der Waals surface area contributed by atoms with Gasteiger partial charge in [0.05, 0.1) is 13.1 Å². The highest BCUT2D eigenvalue weighted by Crippen LogP contribution is 2.11. The van der Waals surface area contributed by atoms with Gasteiger partial charge in [-0.15, -0.1) is 0 Å². The molecular weight excluding hydrogens is 376 g/mol. The molecule has 7 heteroatoms. The van der Waals surface area contributed by atoms with Gasteiger partial charge in [0, 0.05) is 18.3 Å². The molecule has 0 spiro atoms. The van der Waals surface area contributed by atoms with E-state index in [1.807, 2.05) is 43.3 Å². The Labute approximate surface area is 183 Å². The van der Waals surface area contributed by atoms with Crippen molar-refractivity contribution in [1.82, 2.24) is 20.4 Å². The highest BCUT2D eigenvalue weighted by atomic mass is 16.2. The zero-order valence-electron chi connectivity index (χ0n) is 19.8. The van der Waals surface area contributed by atoms with E-state index in [1.54, 1.807) is 0 Å². The van der Waals surface area contributed by atoms with Crippen LogP contribution in [0, 0.1) is 0 Å². The maximum absolute atomic E-state index is 12.0. The SMILES string of the molecule is CCNC(=NCc1cccc(NC(=O)CN(C)C)c1)NC(C)CCCN(CC)CC. The van der Waals surface area contributed by atoms with Gasteiger partial charge in [-0.25, -0.2) is 4.99 Å². The number of nitrogens with zero attached hydrogens (tertiary/aromatic N) is 3. The van der Waals surface area contributed by atoms with Gasteiger partial charge in [-0.2, -0.15) is 0 Å². The molecule has 0 bridgehead atoms. The molecule has 0 aliphatic carbocycles. The van der Waals surface area contributed by atoms with Crippen LogP contribution in [-0.4, -0.2) is 74.5 Å². The predicted molar refractivity (Wildman–Crippen MR) is 128 cm³/mol. The Morgan fingerprint density at radius 3 is 2.53 bits per heavy atom. The summed E-state index contributed by atoms with van der Waals surface area (Å²) >= 11 is 0. The van der Waals surface area contributed by atoms with E-state index in [2.05, 4.69) is 48.5 Å². The Kier molecular flexibility index (Phi) is 12.8. The molecule has 170 valence electrons. The van der Waals surface area contributed by atoms with E-state index in [0.717, 1.165) is 49.8 Å². The molecule has 0 radical (unpaired) electrons. The smallest absolute Gasteiger partial charge is 0.238 e. The normalized spacial score (nSPS) is 12.9. The number of carbonyl (C=O) groups is 1. The number of guanidine groups is 1. The number of amides is 1. The maximum Gasteiger partial charge on any atom is 0.238 e. The van der Waals surface area contributed by atoms with E-state index in [9.17, 15) is 4.79 Å². The number of rotatable bonds is 13. The van der Waals surface area contributed by atoms with Gasteiger partial charge in [-0.3, -0.25) is 4.79 Å². The molecule has 7 nitrogen and oxygen atoms in total. The first-order valence-corrected chi connectivity index (χ1v) is 11.2. The Bertz CT molecular complexity index is 642. The van der Waals surface area contributed by atoms with E-state index in [0.29, 0.717) is 19.1 Å². The van der Waals surface area contributed by atoms with Crippen LogP contribution in [0.25, 0.3) is 0 Å². The van der Waals surface area contributed by atoms with Crippen LogP contribution in [0.3, 0.4) is 0 Å². The molecule has 0 saturated heterocycles. The first kappa shape index (κ1) is 25.9. The molecule has 0 aromatic heterocycles. The lowest BCUT2D eigenvalue weighted by atomic mass is 10.2. The monoisotopic (exact) mass is 418 g/mol. The molecule has 0 aliphatic rings. The second kappa shape index (κ2) is 14.8. The first-order valence-electron chi connectivity index (χ1n) is 11.2. The lowest BCUT2D eigenvalue weighted by molar-refractivity contribution is -0.116. The van der Waals surface area contributed by atoms with Crippen LogP contribution in [0.15, 0.2) is 29.3 Å². The number of carbonyl (C=O) groups excluding carboxylic acids is 1. The molecule has 1 unspecified atom stereocenters. The van der Waals surface area contributed by atoms with Crippen molar-refractivity contribution < 1.29 is 4.79 Å². The number of likely N-dealkylation sites (N-methyl/N-ethyl adjacent to an activating group) is 1. The van der Waals surface area contributed by atoms with Gasteiger partial charge in [0.2, 0.25) is 5.91 Å². The topological polar surface area (TPSA) is 72.0 Å². The fraction of sp³-hybridized carbons (Fsp3) is 0.652. The third kappa shape index (κ3) is 11.2. The largest absolute Gasteiger partial charge is 0.357 e. The van der Waals surface area contributed by atoms with Crippen molar-refractivity contribution in [2.24, 2.45) is 4.99 Å². The van der Waals surface area contributed by atoms with Crippen molar-refractivity contribution in [3.8, 4) is 0 Å². The minimum absolute atomic E-state index is 0.0193. The van der Waals surface area contributed by atoms with Crippen molar-refractivity contribution in [2.45, 2.75) is 53.1 Å². The van der Waals surface area contributed by atoms with E-state index in [4.69, 9.17) is 4.99 Å². The molecule has 3 N–H and O–H groups in total. The van der Waals surface area contributed by atoms with Gasteiger partial charge in [-0.05, 0) is 78.1 Å². The second-order valence-corrected chi connectivity index (χ2v) is 7.90. The third-order valence-electron chi connectivity index (χ3n) is 4.82. The summed E-state index contributed by atoms with van der Waals surface area (Å²) in [4.78, 5) is 21.0. The van der Waals surface area contributed by atoms with Crippen molar-refractivity contribution >= 4 is 17.6 Å². The number of hydrogen-bond acceptors (Lipinski definition) is 4. The fourth-order valence-corrected chi connectivity index (χ4v) is 3.19. The third-order valence-corrected chi connectivity index (χ3v) is 4.82. The van der Waals surface area contributed by atoms with Crippen LogP contribution < -0.4 is 16.0 Å². The fourth-order valence-electron chi connectivity index (χ4n) is 3.19. The van der Waals surface area contributed by atoms with Gasteiger partial charge < -0.3 is 25.8 Å². The Morgan fingerprint density at radius 1 is 1.17 bits per heavy atom. The van der Waals surface area contributed by atoms with Crippen LogP contribution in [0.1, 0.15) is 46.1 Å². The highest BCUT2D eigenvalue weighted by molar-refractivity contribution is 5.92. The number of hydrogen-bond donors (Lipinski definition) is 3. The summed E-state index contributed by atoms with van der Waals surface area (Å²) in [6.07, 6.45) is 2.28. The molecule has 30 heavy (non-hydrogen) atoms. The minimum atomic E-state index is -0.0193. The van der Waals surface area contributed by atoms with E-state index >= 15 is 0 Å². The van der Waals surface area contributed by atoms with Gasteiger partial charge in [0.25, 0.3) is 0 Å². The van der Waals surface area contributed by atoms with E-state index in [-0.39, 0.29) is 5.91 Å². The second-order valence-electron chi connectivity index (χ2n) is 7.90. The van der Waals surface area contributed by atoms with E-state index < -0.39 is 0 Å². The Balaban J connectivity index is 2.61. The summed E-state index contributed by atoms with van der Waals surface area (Å²) in [6, 6.07) is 8.22. The lowest BCUT2D eigenvalue weighted by Gasteiger charge is -2.21. The molecule has 1 rings (SSSR count). The Hall–Kier alpha value is -2.12. The summed E-state index contributed by atoms with van der Waals surface area (Å²) in [5.74, 6) is 0.809. The maximum atomic E-state index is 12.0. The quantitative estimate of drug-likeness (QED) is 0.339. The molecule has 0 saturated carbocycles. The van der Waals surface area contributed by atoms with Crippen molar-refractivity contribution in [2.75, 3.05) is 52.1 Å².